The summed E-state index contributed by atoms with van der Waals surface area (Å²) in [7, 11) is 0. The molecule has 1 amide bonds. The molecule has 0 saturated heterocycles. The standard InChI is InChI=1S/C14H22N2O3/c1-3-16-14(2,13(15)18)10-19-12-7-5-4-6-11(12)8-9-17/h4-7,16-17H,3,8-10H2,1-2H3,(H2,15,18). The quantitative estimate of drug-likeness (QED) is 0.638. The van der Waals surface area contributed by atoms with Gasteiger partial charge >= 0.3 is 0 Å². The highest BCUT2D eigenvalue weighted by atomic mass is 16.5. The van der Waals surface area contributed by atoms with Crippen molar-refractivity contribution < 1.29 is 14.6 Å². The topological polar surface area (TPSA) is 84.6 Å². The smallest absolute Gasteiger partial charge is 0.240 e. The minimum absolute atomic E-state index is 0.0562. The Kier molecular flexibility index (Phi) is 5.79. The van der Waals surface area contributed by atoms with Gasteiger partial charge in [-0.1, -0.05) is 25.1 Å². The van der Waals surface area contributed by atoms with Crippen LogP contribution in [0.1, 0.15) is 19.4 Å². The van der Waals surface area contributed by atoms with E-state index in [0.717, 1.165) is 5.56 Å². The predicted molar refractivity (Wildman–Crippen MR) is 74.0 cm³/mol. The molecule has 19 heavy (non-hydrogen) atoms. The van der Waals surface area contributed by atoms with E-state index in [1.54, 1.807) is 6.92 Å². The summed E-state index contributed by atoms with van der Waals surface area (Å²) in [6.07, 6.45) is 0.519. The Bertz CT molecular complexity index is 423. The molecule has 1 aromatic rings. The van der Waals surface area contributed by atoms with Crippen molar-refractivity contribution in [3.63, 3.8) is 0 Å². The molecule has 0 aliphatic rings. The first-order chi connectivity index (χ1) is 9.03. The van der Waals surface area contributed by atoms with Crippen LogP contribution in [0.25, 0.3) is 0 Å². The number of rotatable bonds is 8. The van der Waals surface area contributed by atoms with Crippen molar-refractivity contribution in [2.75, 3.05) is 19.8 Å². The molecule has 0 aromatic heterocycles. The van der Waals surface area contributed by atoms with Crippen LogP contribution in [0.5, 0.6) is 5.75 Å². The second kappa shape index (κ2) is 7.11. The van der Waals surface area contributed by atoms with Crippen LogP contribution < -0.4 is 15.8 Å². The summed E-state index contributed by atoms with van der Waals surface area (Å²) in [6, 6.07) is 7.44. The Morgan fingerprint density at radius 1 is 1.47 bits per heavy atom. The van der Waals surface area contributed by atoms with Gasteiger partial charge in [-0.3, -0.25) is 4.79 Å². The molecule has 0 heterocycles. The van der Waals surface area contributed by atoms with Crippen LogP contribution in [0, 0.1) is 0 Å². The van der Waals surface area contributed by atoms with E-state index >= 15 is 0 Å². The van der Waals surface area contributed by atoms with E-state index in [-0.39, 0.29) is 13.2 Å². The highest BCUT2D eigenvalue weighted by molar-refractivity contribution is 5.84. The van der Waals surface area contributed by atoms with Gasteiger partial charge in [-0.05, 0) is 31.5 Å². The average molecular weight is 266 g/mol. The number of nitrogens with two attached hydrogens (primary N) is 1. The number of amides is 1. The molecular formula is C14H22N2O3. The van der Waals surface area contributed by atoms with Crippen LogP contribution in [0.15, 0.2) is 24.3 Å². The third-order valence-electron chi connectivity index (χ3n) is 2.98. The SMILES string of the molecule is CCNC(C)(COc1ccccc1CCO)C(N)=O. The molecule has 4 N–H and O–H groups in total. The van der Waals surface area contributed by atoms with E-state index < -0.39 is 11.4 Å². The van der Waals surface area contributed by atoms with Crippen molar-refractivity contribution in [3.05, 3.63) is 29.8 Å². The summed E-state index contributed by atoms with van der Waals surface area (Å²) < 4.78 is 5.69. The maximum atomic E-state index is 11.5. The Labute approximate surface area is 113 Å². The lowest BCUT2D eigenvalue weighted by molar-refractivity contribution is -0.124. The molecule has 106 valence electrons. The number of benzene rings is 1. The number of carbonyl (C=O) groups excluding carboxylic acids is 1. The lowest BCUT2D eigenvalue weighted by Gasteiger charge is -2.27. The van der Waals surface area contributed by atoms with Gasteiger partial charge in [-0.15, -0.1) is 0 Å². The zero-order chi connectivity index (χ0) is 14.3. The molecule has 0 aliphatic carbocycles. The molecule has 0 aliphatic heterocycles. The largest absolute Gasteiger partial charge is 0.491 e. The van der Waals surface area contributed by atoms with Crippen LogP contribution in [0.4, 0.5) is 0 Å². The predicted octanol–water partition coefficient (Wildman–Crippen LogP) is 0.454. The number of hydrogen-bond donors (Lipinski definition) is 3. The van der Waals surface area contributed by atoms with Crippen molar-refractivity contribution >= 4 is 5.91 Å². The average Bonchev–Trinajstić information content (AvgIpc) is 2.38. The molecular weight excluding hydrogens is 244 g/mol. The fraction of sp³-hybridized carbons (Fsp3) is 0.500. The number of aliphatic hydroxyl groups is 1. The van der Waals surface area contributed by atoms with Crippen molar-refractivity contribution in [3.8, 4) is 5.75 Å². The number of likely N-dealkylation sites (N-methyl/N-ethyl adjacent to an activating group) is 1. The fourth-order valence-corrected chi connectivity index (χ4v) is 1.79. The van der Waals surface area contributed by atoms with E-state index in [4.69, 9.17) is 15.6 Å². The van der Waals surface area contributed by atoms with Crippen molar-refractivity contribution in [1.82, 2.24) is 5.32 Å². The van der Waals surface area contributed by atoms with Crippen molar-refractivity contribution in [2.45, 2.75) is 25.8 Å². The van der Waals surface area contributed by atoms with E-state index in [9.17, 15) is 4.79 Å². The third-order valence-corrected chi connectivity index (χ3v) is 2.98. The Morgan fingerprint density at radius 3 is 2.74 bits per heavy atom. The first kappa shape index (κ1) is 15.5. The summed E-state index contributed by atoms with van der Waals surface area (Å²) in [6.45, 7) is 4.45. The number of aliphatic hydroxyl groups excluding tert-OH is 1. The van der Waals surface area contributed by atoms with Gasteiger partial charge in [0.25, 0.3) is 0 Å². The molecule has 5 heteroatoms. The van der Waals surface area contributed by atoms with Gasteiger partial charge in [0.2, 0.25) is 5.91 Å². The number of ether oxygens (including phenoxy) is 1. The Balaban J connectivity index is 2.77. The van der Waals surface area contributed by atoms with E-state index in [1.165, 1.54) is 0 Å². The van der Waals surface area contributed by atoms with Gasteiger partial charge in [0.15, 0.2) is 0 Å². The number of primary amides is 1. The van der Waals surface area contributed by atoms with Gasteiger partial charge in [0.1, 0.15) is 17.9 Å². The first-order valence-corrected chi connectivity index (χ1v) is 6.40. The summed E-state index contributed by atoms with van der Waals surface area (Å²) in [5.41, 5.74) is 5.41. The maximum absolute atomic E-state index is 11.5. The van der Waals surface area contributed by atoms with E-state index in [0.29, 0.717) is 18.7 Å². The molecule has 0 spiro atoms. The van der Waals surface area contributed by atoms with Crippen LogP contribution in [-0.4, -0.2) is 36.3 Å². The molecule has 1 atom stereocenters. The fourth-order valence-electron chi connectivity index (χ4n) is 1.79. The van der Waals surface area contributed by atoms with Gasteiger partial charge in [-0.25, -0.2) is 0 Å². The first-order valence-electron chi connectivity index (χ1n) is 6.40. The molecule has 5 nitrogen and oxygen atoms in total. The molecule has 0 radical (unpaired) electrons. The summed E-state index contributed by atoms with van der Waals surface area (Å²) in [5, 5.41) is 12.0. The Morgan fingerprint density at radius 2 is 2.16 bits per heavy atom. The third kappa shape index (κ3) is 4.22. The Hall–Kier alpha value is -1.59. The molecule has 0 saturated carbocycles. The van der Waals surface area contributed by atoms with Crippen molar-refractivity contribution in [2.24, 2.45) is 5.73 Å². The summed E-state index contributed by atoms with van der Waals surface area (Å²) in [4.78, 5) is 11.5. The van der Waals surface area contributed by atoms with Gasteiger partial charge in [0.05, 0.1) is 0 Å². The van der Waals surface area contributed by atoms with E-state index in [2.05, 4.69) is 5.32 Å². The minimum atomic E-state index is -0.902. The number of para-hydroxylation sites is 1. The normalized spacial score (nSPS) is 13.8. The molecule has 0 fully saturated rings. The molecule has 1 aromatic carbocycles. The summed E-state index contributed by atoms with van der Waals surface area (Å²) in [5.74, 6) is 0.218. The lowest BCUT2D eigenvalue weighted by Crippen LogP contribution is -2.57. The van der Waals surface area contributed by atoms with E-state index in [1.807, 2.05) is 31.2 Å². The van der Waals surface area contributed by atoms with Crippen LogP contribution >= 0.6 is 0 Å². The lowest BCUT2D eigenvalue weighted by atomic mass is 10.0. The molecule has 1 unspecified atom stereocenters. The zero-order valence-electron chi connectivity index (χ0n) is 11.5. The second-order valence-electron chi connectivity index (χ2n) is 4.60. The van der Waals surface area contributed by atoms with Gasteiger partial charge in [-0.2, -0.15) is 0 Å². The van der Waals surface area contributed by atoms with Gasteiger partial charge < -0.3 is 20.9 Å². The number of nitrogens with one attached hydrogen (secondary N) is 1. The summed E-state index contributed by atoms with van der Waals surface area (Å²) >= 11 is 0. The number of hydrogen-bond acceptors (Lipinski definition) is 4. The number of carbonyl (C=O) groups is 1. The highest BCUT2D eigenvalue weighted by Crippen LogP contribution is 2.19. The zero-order valence-corrected chi connectivity index (χ0v) is 11.5. The van der Waals surface area contributed by atoms with Crippen LogP contribution in [0.3, 0.4) is 0 Å². The maximum Gasteiger partial charge on any atom is 0.240 e. The minimum Gasteiger partial charge on any atom is -0.491 e. The monoisotopic (exact) mass is 266 g/mol. The van der Waals surface area contributed by atoms with Crippen LogP contribution in [-0.2, 0) is 11.2 Å². The highest BCUT2D eigenvalue weighted by Gasteiger charge is 2.31. The second-order valence-corrected chi connectivity index (χ2v) is 4.60. The van der Waals surface area contributed by atoms with Gasteiger partial charge in [0, 0.05) is 6.61 Å². The van der Waals surface area contributed by atoms with Crippen molar-refractivity contribution in [1.29, 1.82) is 0 Å². The molecule has 1 rings (SSSR count). The van der Waals surface area contributed by atoms with Crippen LogP contribution in [0.2, 0.25) is 0 Å². The molecule has 0 bridgehead atoms.